The van der Waals surface area contributed by atoms with Crippen molar-refractivity contribution in [2.24, 2.45) is 0 Å². The van der Waals surface area contributed by atoms with E-state index in [2.05, 4.69) is 4.98 Å². The fourth-order valence-corrected chi connectivity index (χ4v) is 1.87. The van der Waals surface area contributed by atoms with Crippen molar-refractivity contribution < 1.29 is 0 Å². The summed E-state index contributed by atoms with van der Waals surface area (Å²) in [6.45, 7) is 1.98. The number of hydrogen-bond acceptors (Lipinski definition) is 3. The van der Waals surface area contributed by atoms with E-state index >= 15 is 0 Å². The van der Waals surface area contributed by atoms with E-state index < -0.39 is 0 Å². The van der Waals surface area contributed by atoms with Crippen molar-refractivity contribution in [2.75, 3.05) is 5.73 Å². The number of pyridine rings is 1. The number of fused-ring (bicyclic) bond motifs is 1. The molecule has 0 atom stereocenters. The Balaban J connectivity index is 0.000000720. The van der Waals surface area contributed by atoms with E-state index in [1.165, 1.54) is 11.3 Å². The summed E-state index contributed by atoms with van der Waals surface area (Å²) in [7, 11) is 0. The Hall–Kier alpha value is -0.800. The number of anilines is 1. The maximum absolute atomic E-state index is 5.62. The van der Waals surface area contributed by atoms with Gasteiger partial charge in [0, 0.05) is 11.1 Å². The fraction of sp³-hybridized carbons (Fsp3) is 0.125. The van der Waals surface area contributed by atoms with Crippen molar-refractivity contribution in [1.29, 1.82) is 0 Å². The molecule has 0 unspecified atom stereocenters. The number of thiophene rings is 1. The van der Waals surface area contributed by atoms with Crippen molar-refractivity contribution in [3.63, 3.8) is 0 Å². The lowest BCUT2D eigenvalue weighted by molar-refractivity contribution is 1.27. The lowest BCUT2D eigenvalue weighted by Gasteiger charge is -1.89. The molecule has 2 aromatic rings. The molecule has 2 heterocycles. The third kappa shape index (κ3) is 1.52. The van der Waals surface area contributed by atoms with Gasteiger partial charge in [-0.15, -0.1) is 12.4 Å². The molecule has 2 aromatic heterocycles. The molecule has 0 aliphatic carbocycles. The first kappa shape index (κ1) is 9.29. The van der Waals surface area contributed by atoms with E-state index in [1.807, 2.05) is 25.1 Å². The Morgan fingerprint density at radius 2 is 2.17 bits per heavy atom. The first-order chi connectivity index (χ1) is 5.25. The fourth-order valence-electron chi connectivity index (χ4n) is 1.03. The van der Waals surface area contributed by atoms with Gasteiger partial charge in [-0.25, -0.2) is 4.98 Å². The van der Waals surface area contributed by atoms with E-state index in [1.54, 1.807) is 0 Å². The minimum absolute atomic E-state index is 0. The van der Waals surface area contributed by atoms with Gasteiger partial charge in [0.1, 0.15) is 4.83 Å². The van der Waals surface area contributed by atoms with Gasteiger partial charge in [0.2, 0.25) is 0 Å². The zero-order chi connectivity index (χ0) is 7.84. The summed E-state index contributed by atoms with van der Waals surface area (Å²) in [6.07, 6.45) is 0. The summed E-state index contributed by atoms with van der Waals surface area (Å²) in [5, 5.41) is 1.97. The summed E-state index contributed by atoms with van der Waals surface area (Å²) < 4.78 is 0. The molecule has 0 fully saturated rings. The second kappa shape index (κ2) is 3.29. The lowest BCUT2D eigenvalue weighted by Crippen LogP contribution is -1.75. The molecule has 0 saturated heterocycles. The van der Waals surface area contributed by atoms with Crippen LogP contribution >= 0.6 is 23.7 Å². The molecule has 12 heavy (non-hydrogen) atoms. The number of halogens is 1. The molecule has 0 bridgehead atoms. The monoisotopic (exact) mass is 200 g/mol. The van der Waals surface area contributed by atoms with Gasteiger partial charge < -0.3 is 5.73 Å². The smallest absolute Gasteiger partial charge is 0.125 e. The van der Waals surface area contributed by atoms with Gasteiger partial charge in [-0.05, 0) is 19.1 Å². The van der Waals surface area contributed by atoms with Crippen LogP contribution in [0.15, 0.2) is 18.2 Å². The number of nitrogen functional groups attached to an aromatic ring is 1. The third-order valence-corrected chi connectivity index (χ3v) is 2.42. The van der Waals surface area contributed by atoms with Gasteiger partial charge in [-0.2, -0.15) is 0 Å². The standard InChI is InChI=1S/C8H8N2S.ClH/c1-5-2-3-6-4-7(9)11-8(6)10-5;/h2-4H,9H2,1H3;1H. The Kier molecular flexibility index (Phi) is 2.55. The van der Waals surface area contributed by atoms with E-state index in [9.17, 15) is 0 Å². The molecule has 0 saturated carbocycles. The molecule has 0 aliphatic heterocycles. The number of rotatable bonds is 0. The molecule has 2 rings (SSSR count). The van der Waals surface area contributed by atoms with Crippen LogP contribution in [0, 0.1) is 6.92 Å². The summed E-state index contributed by atoms with van der Waals surface area (Å²) in [5.41, 5.74) is 6.66. The molecule has 0 amide bonds. The number of aryl methyl sites for hydroxylation is 1. The molecule has 64 valence electrons. The van der Waals surface area contributed by atoms with Crippen molar-refractivity contribution in [3.8, 4) is 0 Å². The largest absolute Gasteiger partial charge is 0.391 e. The van der Waals surface area contributed by atoms with Crippen LogP contribution < -0.4 is 5.73 Å². The highest BCUT2D eigenvalue weighted by atomic mass is 35.5. The minimum Gasteiger partial charge on any atom is -0.391 e. The van der Waals surface area contributed by atoms with E-state index in [4.69, 9.17) is 5.73 Å². The normalized spacial score (nSPS) is 9.75. The van der Waals surface area contributed by atoms with Crippen molar-refractivity contribution >= 4 is 39.0 Å². The second-order valence-electron chi connectivity index (χ2n) is 2.50. The number of aromatic nitrogens is 1. The van der Waals surface area contributed by atoms with Gasteiger partial charge in [0.25, 0.3) is 0 Å². The van der Waals surface area contributed by atoms with Crippen LogP contribution in [-0.4, -0.2) is 4.98 Å². The lowest BCUT2D eigenvalue weighted by atomic mass is 10.3. The summed E-state index contributed by atoms with van der Waals surface area (Å²) in [6, 6.07) is 5.99. The highest BCUT2D eigenvalue weighted by molar-refractivity contribution is 7.22. The average Bonchev–Trinajstić information content (AvgIpc) is 2.27. The Morgan fingerprint density at radius 1 is 1.42 bits per heavy atom. The van der Waals surface area contributed by atoms with Gasteiger partial charge in [0.05, 0.1) is 5.00 Å². The van der Waals surface area contributed by atoms with Gasteiger partial charge >= 0.3 is 0 Å². The number of nitrogens with zero attached hydrogens (tertiary/aromatic N) is 1. The predicted octanol–water partition coefficient (Wildman–Crippen LogP) is 2.61. The number of hydrogen-bond donors (Lipinski definition) is 1. The topological polar surface area (TPSA) is 38.9 Å². The summed E-state index contributed by atoms with van der Waals surface area (Å²) >= 11 is 1.53. The van der Waals surface area contributed by atoms with Crippen LogP contribution in [0.2, 0.25) is 0 Å². The van der Waals surface area contributed by atoms with Crippen LogP contribution in [0.4, 0.5) is 5.00 Å². The molecule has 0 aromatic carbocycles. The van der Waals surface area contributed by atoms with Gasteiger partial charge in [-0.1, -0.05) is 17.4 Å². The maximum atomic E-state index is 5.62. The number of nitrogens with two attached hydrogens (primary N) is 1. The SMILES string of the molecule is Cc1ccc2cc(N)sc2n1.Cl. The molecule has 4 heteroatoms. The van der Waals surface area contributed by atoms with Gasteiger partial charge in [-0.3, -0.25) is 0 Å². The van der Waals surface area contributed by atoms with Crippen molar-refractivity contribution in [3.05, 3.63) is 23.9 Å². The summed E-state index contributed by atoms with van der Waals surface area (Å²) in [5.74, 6) is 0. The van der Waals surface area contributed by atoms with Crippen LogP contribution in [0.3, 0.4) is 0 Å². The Morgan fingerprint density at radius 3 is 2.92 bits per heavy atom. The Bertz CT molecular complexity index is 397. The van der Waals surface area contributed by atoms with Crippen LogP contribution in [0.5, 0.6) is 0 Å². The third-order valence-electron chi connectivity index (χ3n) is 1.54. The maximum Gasteiger partial charge on any atom is 0.125 e. The van der Waals surface area contributed by atoms with Crippen LogP contribution in [-0.2, 0) is 0 Å². The van der Waals surface area contributed by atoms with E-state index in [0.29, 0.717) is 0 Å². The van der Waals surface area contributed by atoms with Crippen LogP contribution in [0.25, 0.3) is 10.2 Å². The second-order valence-corrected chi connectivity index (χ2v) is 3.56. The highest BCUT2D eigenvalue weighted by Gasteiger charge is 1.98. The molecular weight excluding hydrogens is 192 g/mol. The van der Waals surface area contributed by atoms with Gasteiger partial charge in [0.15, 0.2) is 0 Å². The molecular formula is C8H9ClN2S. The van der Waals surface area contributed by atoms with Crippen molar-refractivity contribution in [2.45, 2.75) is 6.92 Å². The first-order valence-corrected chi connectivity index (χ1v) is 4.20. The summed E-state index contributed by atoms with van der Waals surface area (Å²) in [4.78, 5) is 5.37. The zero-order valence-corrected chi connectivity index (χ0v) is 8.21. The predicted molar refractivity (Wildman–Crippen MR) is 56.0 cm³/mol. The highest BCUT2D eigenvalue weighted by Crippen LogP contribution is 2.25. The zero-order valence-electron chi connectivity index (χ0n) is 6.57. The molecule has 2 N–H and O–H groups in total. The molecule has 0 aliphatic rings. The van der Waals surface area contributed by atoms with E-state index in [-0.39, 0.29) is 12.4 Å². The average molecular weight is 201 g/mol. The molecule has 0 spiro atoms. The minimum atomic E-state index is 0. The molecule has 2 nitrogen and oxygen atoms in total. The van der Waals surface area contributed by atoms with Crippen molar-refractivity contribution in [1.82, 2.24) is 4.98 Å². The first-order valence-electron chi connectivity index (χ1n) is 3.38. The molecule has 0 radical (unpaired) electrons. The Labute approximate surface area is 80.8 Å². The van der Waals surface area contributed by atoms with Crippen LogP contribution in [0.1, 0.15) is 5.69 Å². The van der Waals surface area contributed by atoms with E-state index in [0.717, 1.165) is 20.9 Å². The quantitative estimate of drug-likeness (QED) is 0.710.